The van der Waals surface area contributed by atoms with E-state index in [-0.39, 0.29) is 0 Å². The molecule has 1 fully saturated rings. The van der Waals surface area contributed by atoms with Gasteiger partial charge in [-0.05, 0) is 62.2 Å². The van der Waals surface area contributed by atoms with Crippen LogP contribution in [0.3, 0.4) is 0 Å². The van der Waals surface area contributed by atoms with E-state index in [1.807, 2.05) is 11.8 Å². The van der Waals surface area contributed by atoms with Crippen LogP contribution in [-0.2, 0) is 0 Å². The lowest BCUT2D eigenvalue weighted by molar-refractivity contribution is 0.153. The summed E-state index contributed by atoms with van der Waals surface area (Å²) in [4.78, 5) is 4.24. The highest BCUT2D eigenvalue weighted by molar-refractivity contribution is 7.99. The minimum Gasteiger partial charge on any atom is -0.317 e. The fraction of sp³-hybridized carbons (Fsp3) is 0.647. The smallest absolute Gasteiger partial charge is 0.0367 e. The van der Waals surface area contributed by atoms with Crippen LogP contribution in [0, 0.1) is 5.92 Å². The Morgan fingerprint density at radius 2 is 2.00 bits per heavy atom. The molecule has 0 radical (unpaired) electrons. The van der Waals surface area contributed by atoms with E-state index in [4.69, 9.17) is 0 Å². The maximum Gasteiger partial charge on any atom is 0.0367 e. The largest absolute Gasteiger partial charge is 0.317 e. The maximum absolute atomic E-state index is 3.48. The molecule has 0 amide bonds. The first-order valence-electron chi connectivity index (χ1n) is 8.05. The molecule has 3 heteroatoms. The molecule has 2 nitrogen and oxygen atoms in total. The lowest BCUT2D eigenvalue weighted by atomic mass is 9.95. The van der Waals surface area contributed by atoms with Gasteiger partial charge in [-0.3, -0.25) is 4.90 Å². The topological polar surface area (TPSA) is 15.3 Å². The Kier molecular flexibility index (Phi) is 5.03. The normalized spacial score (nSPS) is 23.8. The molecule has 110 valence electrons. The number of nitrogens with one attached hydrogen (secondary N) is 1. The monoisotopic (exact) mass is 290 g/mol. The van der Waals surface area contributed by atoms with Crippen LogP contribution in [0.25, 0.3) is 0 Å². The van der Waals surface area contributed by atoms with Crippen molar-refractivity contribution in [3.05, 3.63) is 29.8 Å². The molecule has 2 aliphatic heterocycles. The Morgan fingerprint density at radius 1 is 1.20 bits per heavy atom. The van der Waals surface area contributed by atoms with Gasteiger partial charge in [-0.15, -0.1) is 11.8 Å². The Hall–Kier alpha value is -0.510. The van der Waals surface area contributed by atoms with Gasteiger partial charge in [0.2, 0.25) is 0 Å². The van der Waals surface area contributed by atoms with E-state index in [1.165, 1.54) is 56.1 Å². The quantitative estimate of drug-likeness (QED) is 0.913. The van der Waals surface area contributed by atoms with Crippen molar-refractivity contribution in [2.45, 2.75) is 37.1 Å². The molecule has 1 saturated heterocycles. The van der Waals surface area contributed by atoms with E-state index < -0.39 is 0 Å². The highest BCUT2D eigenvalue weighted by Crippen LogP contribution is 2.39. The molecule has 1 atom stereocenters. The summed E-state index contributed by atoms with van der Waals surface area (Å²) < 4.78 is 0. The summed E-state index contributed by atoms with van der Waals surface area (Å²) >= 11 is 2.03. The van der Waals surface area contributed by atoms with Gasteiger partial charge in [0, 0.05) is 17.5 Å². The predicted molar refractivity (Wildman–Crippen MR) is 87.4 cm³/mol. The molecule has 1 unspecified atom stereocenters. The fourth-order valence-corrected chi connectivity index (χ4v) is 4.68. The highest BCUT2D eigenvalue weighted by atomic mass is 32.2. The van der Waals surface area contributed by atoms with Crippen molar-refractivity contribution in [2.75, 3.05) is 31.9 Å². The van der Waals surface area contributed by atoms with Gasteiger partial charge in [-0.2, -0.15) is 0 Å². The van der Waals surface area contributed by atoms with Crippen LogP contribution in [0.1, 0.15) is 37.8 Å². The summed E-state index contributed by atoms with van der Waals surface area (Å²) in [6, 6.07) is 9.67. The Balaban J connectivity index is 1.72. The zero-order valence-corrected chi connectivity index (χ0v) is 13.3. The molecule has 0 saturated carbocycles. The van der Waals surface area contributed by atoms with Crippen molar-refractivity contribution < 1.29 is 0 Å². The van der Waals surface area contributed by atoms with Gasteiger partial charge < -0.3 is 5.32 Å². The third kappa shape index (κ3) is 3.21. The number of hydrogen-bond acceptors (Lipinski definition) is 3. The number of piperidine rings is 1. The molecule has 1 aromatic carbocycles. The average Bonchev–Trinajstić information content (AvgIpc) is 2.53. The van der Waals surface area contributed by atoms with Gasteiger partial charge >= 0.3 is 0 Å². The summed E-state index contributed by atoms with van der Waals surface area (Å²) in [5.74, 6) is 2.16. The summed E-state index contributed by atoms with van der Waals surface area (Å²) in [7, 11) is 0. The van der Waals surface area contributed by atoms with Gasteiger partial charge in [0.25, 0.3) is 0 Å². The first-order chi connectivity index (χ1) is 9.88. The SMILES string of the molecule is CCN(CC1CCNCC1)C1CCSc2ccccc21. The standard InChI is InChI=1S/C17H26N2S/c1-2-19(13-14-7-10-18-11-8-14)16-9-12-20-17-6-4-3-5-15(16)17/h3-6,14,16,18H,2,7-13H2,1H3. The Labute approximate surface area is 127 Å². The first kappa shape index (κ1) is 14.4. The Bertz CT molecular complexity index is 429. The van der Waals surface area contributed by atoms with Crippen LogP contribution in [-0.4, -0.2) is 36.8 Å². The lowest BCUT2D eigenvalue weighted by Gasteiger charge is -2.38. The minimum absolute atomic E-state index is 0.646. The predicted octanol–water partition coefficient (Wildman–Crippen LogP) is 3.55. The second-order valence-corrected chi connectivity index (χ2v) is 7.11. The van der Waals surface area contributed by atoms with E-state index in [1.54, 1.807) is 5.56 Å². The third-order valence-electron chi connectivity index (χ3n) is 4.73. The van der Waals surface area contributed by atoms with Gasteiger partial charge in [-0.25, -0.2) is 0 Å². The molecule has 3 rings (SSSR count). The van der Waals surface area contributed by atoms with Crippen molar-refractivity contribution in [3.8, 4) is 0 Å². The van der Waals surface area contributed by atoms with E-state index >= 15 is 0 Å². The van der Waals surface area contributed by atoms with E-state index in [2.05, 4.69) is 41.4 Å². The summed E-state index contributed by atoms with van der Waals surface area (Å²) in [6.45, 7) is 7.19. The summed E-state index contributed by atoms with van der Waals surface area (Å²) in [6.07, 6.45) is 4.00. The number of benzene rings is 1. The van der Waals surface area contributed by atoms with Crippen LogP contribution in [0.5, 0.6) is 0 Å². The number of fused-ring (bicyclic) bond motifs is 1. The zero-order valence-electron chi connectivity index (χ0n) is 12.5. The molecule has 0 aromatic heterocycles. The van der Waals surface area contributed by atoms with Crippen LogP contribution < -0.4 is 5.32 Å². The second kappa shape index (κ2) is 6.97. The third-order valence-corrected chi connectivity index (χ3v) is 5.85. The number of thioether (sulfide) groups is 1. The van der Waals surface area contributed by atoms with E-state index in [0.29, 0.717) is 6.04 Å². The fourth-order valence-electron chi connectivity index (χ4n) is 3.58. The average molecular weight is 290 g/mol. The molecule has 0 aliphatic carbocycles. The highest BCUT2D eigenvalue weighted by Gasteiger charge is 2.27. The van der Waals surface area contributed by atoms with Crippen LogP contribution in [0.15, 0.2) is 29.2 Å². The first-order valence-corrected chi connectivity index (χ1v) is 9.03. The minimum atomic E-state index is 0.646. The number of hydrogen-bond donors (Lipinski definition) is 1. The molecular formula is C17H26N2S. The van der Waals surface area contributed by atoms with E-state index in [9.17, 15) is 0 Å². The van der Waals surface area contributed by atoms with Crippen molar-refractivity contribution in [2.24, 2.45) is 5.92 Å². The Morgan fingerprint density at radius 3 is 2.80 bits per heavy atom. The van der Waals surface area contributed by atoms with Gasteiger partial charge in [0.05, 0.1) is 0 Å². The molecular weight excluding hydrogens is 264 g/mol. The molecule has 2 heterocycles. The van der Waals surface area contributed by atoms with Gasteiger partial charge in [0.1, 0.15) is 0 Å². The molecule has 0 bridgehead atoms. The van der Waals surface area contributed by atoms with Crippen LogP contribution in [0.4, 0.5) is 0 Å². The van der Waals surface area contributed by atoms with Crippen LogP contribution >= 0.6 is 11.8 Å². The van der Waals surface area contributed by atoms with Crippen LogP contribution in [0.2, 0.25) is 0 Å². The van der Waals surface area contributed by atoms with Gasteiger partial charge in [0.15, 0.2) is 0 Å². The van der Waals surface area contributed by atoms with Gasteiger partial charge in [-0.1, -0.05) is 25.1 Å². The second-order valence-electron chi connectivity index (χ2n) is 5.97. The number of nitrogens with zero attached hydrogens (tertiary/aromatic N) is 1. The molecule has 0 spiro atoms. The maximum atomic E-state index is 3.48. The molecule has 1 aromatic rings. The molecule has 2 aliphatic rings. The summed E-state index contributed by atoms with van der Waals surface area (Å²) in [5.41, 5.74) is 1.57. The zero-order chi connectivity index (χ0) is 13.8. The van der Waals surface area contributed by atoms with E-state index in [0.717, 1.165) is 5.92 Å². The van der Waals surface area contributed by atoms with Crippen molar-refractivity contribution in [1.82, 2.24) is 10.2 Å². The summed E-state index contributed by atoms with van der Waals surface area (Å²) in [5, 5.41) is 3.48. The van der Waals surface area contributed by atoms with Crippen molar-refractivity contribution >= 4 is 11.8 Å². The lowest BCUT2D eigenvalue weighted by Crippen LogP contribution is -2.38. The molecule has 1 N–H and O–H groups in total. The number of rotatable bonds is 4. The van der Waals surface area contributed by atoms with Crippen molar-refractivity contribution in [3.63, 3.8) is 0 Å². The van der Waals surface area contributed by atoms with Crippen molar-refractivity contribution in [1.29, 1.82) is 0 Å². The molecule has 20 heavy (non-hydrogen) atoms.